The van der Waals surface area contributed by atoms with Crippen LogP contribution in [0.1, 0.15) is 41.7 Å². The van der Waals surface area contributed by atoms with Gasteiger partial charge in [0.1, 0.15) is 5.75 Å². The lowest BCUT2D eigenvalue weighted by Crippen LogP contribution is -2.46. The highest BCUT2D eigenvalue weighted by Crippen LogP contribution is 2.31. The number of piperidine rings is 1. The van der Waals surface area contributed by atoms with Crippen LogP contribution >= 0.6 is 0 Å². The van der Waals surface area contributed by atoms with Crippen LogP contribution in [0.25, 0.3) is 0 Å². The highest BCUT2D eigenvalue weighted by Gasteiger charge is 2.28. The van der Waals surface area contributed by atoms with Crippen LogP contribution < -0.4 is 4.74 Å². The first-order valence-corrected chi connectivity index (χ1v) is 9.31. The van der Waals surface area contributed by atoms with Gasteiger partial charge in [0.05, 0.1) is 7.11 Å². The molecule has 0 saturated carbocycles. The molecule has 1 unspecified atom stereocenters. The molecule has 1 aliphatic heterocycles. The molecule has 4 heteroatoms. The number of likely N-dealkylation sites (tertiary alicyclic amines) is 1. The molecule has 1 saturated heterocycles. The van der Waals surface area contributed by atoms with Crippen molar-refractivity contribution in [3.8, 4) is 5.75 Å². The lowest BCUT2D eigenvalue weighted by Gasteiger charge is -2.39. The Morgan fingerprint density at radius 2 is 1.69 bits per heavy atom. The fourth-order valence-corrected chi connectivity index (χ4v) is 3.79. The Bertz CT molecular complexity index is 724. The summed E-state index contributed by atoms with van der Waals surface area (Å²) in [5, 5.41) is 0. The number of carbonyl (C=O) groups excluding carboxylic acids is 1. The van der Waals surface area contributed by atoms with Crippen molar-refractivity contribution in [2.45, 2.75) is 31.8 Å². The van der Waals surface area contributed by atoms with E-state index in [-0.39, 0.29) is 11.9 Å². The van der Waals surface area contributed by atoms with E-state index < -0.39 is 0 Å². The van der Waals surface area contributed by atoms with Crippen molar-refractivity contribution in [2.24, 2.45) is 0 Å². The maximum absolute atomic E-state index is 12.6. The van der Waals surface area contributed by atoms with Gasteiger partial charge >= 0.3 is 0 Å². The first-order chi connectivity index (χ1) is 12.6. The second-order valence-electron chi connectivity index (χ2n) is 6.97. The Labute approximate surface area is 156 Å². The van der Waals surface area contributed by atoms with Crippen molar-refractivity contribution in [1.29, 1.82) is 0 Å². The van der Waals surface area contributed by atoms with Crippen LogP contribution in [0.15, 0.2) is 54.6 Å². The first kappa shape index (κ1) is 18.5. The summed E-state index contributed by atoms with van der Waals surface area (Å²) in [7, 11) is 3.90. The Kier molecular flexibility index (Phi) is 5.94. The smallest absolute Gasteiger partial charge is 0.253 e. The van der Waals surface area contributed by atoms with E-state index in [4.69, 9.17) is 4.74 Å². The van der Waals surface area contributed by atoms with Crippen LogP contribution in [0.5, 0.6) is 5.75 Å². The van der Waals surface area contributed by atoms with Gasteiger partial charge in [-0.25, -0.2) is 0 Å². The minimum atomic E-state index is 0.143. The molecule has 1 amide bonds. The average molecular weight is 352 g/mol. The van der Waals surface area contributed by atoms with Gasteiger partial charge in [-0.1, -0.05) is 36.4 Å². The molecule has 0 spiro atoms. The predicted octanol–water partition coefficient (Wildman–Crippen LogP) is 3.99. The molecule has 0 aliphatic carbocycles. The standard InChI is InChI=1S/C22H28N2O2/c1-17(20-11-7-8-12-21(20)26-3)23(2)19-13-15-24(16-14-19)22(25)18-9-5-4-6-10-18/h4-12,17,19H,13-16H2,1-3H3. The molecule has 1 atom stereocenters. The summed E-state index contributed by atoms with van der Waals surface area (Å²) in [6.07, 6.45) is 1.99. The lowest BCUT2D eigenvalue weighted by molar-refractivity contribution is 0.0605. The van der Waals surface area contributed by atoms with E-state index in [2.05, 4.69) is 31.0 Å². The van der Waals surface area contributed by atoms with Gasteiger partial charge in [-0.05, 0) is 45.0 Å². The number of hydrogen-bond acceptors (Lipinski definition) is 3. The monoisotopic (exact) mass is 352 g/mol. The third-order valence-corrected chi connectivity index (χ3v) is 5.55. The van der Waals surface area contributed by atoms with Crippen LogP contribution in [0.4, 0.5) is 0 Å². The van der Waals surface area contributed by atoms with E-state index in [1.54, 1.807) is 7.11 Å². The number of para-hydroxylation sites is 1. The normalized spacial score (nSPS) is 16.5. The van der Waals surface area contributed by atoms with Gasteiger partial charge in [0.2, 0.25) is 0 Å². The quantitative estimate of drug-likeness (QED) is 0.816. The fourth-order valence-electron chi connectivity index (χ4n) is 3.79. The molecule has 1 fully saturated rings. The van der Waals surface area contributed by atoms with Gasteiger partial charge in [0.15, 0.2) is 0 Å². The SMILES string of the molecule is COc1ccccc1C(C)N(C)C1CCN(C(=O)c2ccccc2)CC1. The summed E-state index contributed by atoms with van der Waals surface area (Å²) in [5.41, 5.74) is 1.99. The molecule has 0 aromatic heterocycles. The number of amides is 1. The molecular weight excluding hydrogens is 324 g/mol. The summed E-state index contributed by atoms with van der Waals surface area (Å²) in [5.74, 6) is 1.08. The molecule has 26 heavy (non-hydrogen) atoms. The van der Waals surface area contributed by atoms with Gasteiger partial charge in [0, 0.05) is 36.3 Å². The second kappa shape index (κ2) is 8.37. The molecule has 1 aliphatic rings. The van der Waals surface area contributed by atoms with Crippen molar-refractivity contribution >= 4 is 5.91 Å². The Morgan fingerprint density at radius 3 is 2.35 bits per heavy atom. The maximum atomic E-state index is 12.6. The van der Waals surface area contributed by atoms with Crippen LogP contribution in [0.2, 0.25) is 0 Å². The summed E-state index contributed by atoms with van der Waals surface area (Å²) in [6, 6.07) is 18.5. The summed E-state index contributed by atoms with van der Waals surface area (Å²) in [6.45, 7) is 3.84. The predicted molar refractivity (Wildman–Crippen MR) is 105 cm³/mol. The zero-order valence-electron chi connectivity index (χ0n) is 15.9. The van der Waals surface area contributed by atoms with E-state index in [1.807, 2.05) is 47.4 Å². The number of benzene rings is 2. The minimum absolute atomic E-state index is 0.143. The van der Waals surface area contributed by atoms with Crippen LogP contribution in [-0.2, 0) is 0 Å². The van der Waals surface area contributed by atoms with E-state index >= 15 is 0 Å². The topological polar surface area (TPSA) is 32.8 Å². The zero-order valence-corrected chi connectivity index (χ0v) is 15.9. The third kappa shape index (κ3) is 3.91. The van der Waals surface area contributed by atoms with Crippen LogP contribution in [-0.4, -0.2) is 49.0 Å². The fraction of sp³-hybridized carbons (Fsp3) is 0.409. The number of methoxy groups -OCH3 is 1. The van der Waals surface area contributed by atoms with Crippen molar-refractivity contribution in [1.82, 2.24) is 9.80 Å². The summed E-state index contributed by atoms with van der Waals surface area (Å²) < 4.78 is 5.52. The van der Waals surface area contributed by atoms with E-state index in [1.165, 1.54) is 5.56 Å². The number of carbonyl (C=O) groups is 1. The van der Waals surface area contributed by atoms with Crippen molar-refractivity contribution in [3.63, 3.8) is 0 Å². The van der Waals surface area contributed by atoms with Gasteiger partial charge < -0.3 is 9.64 Å². The Hall–Kier alpha value is -2.33. The second-order valence-corrected chi connectivity index (χ2v) is 6.97. The molecule has 3 rings (SSSR count). The highest BCUT2D eigenvalue weighted by atomic mass is 16.5. The number of hydrogen-bond donors (Lipinski definition) is 0. The van der Waals surface area contributed by atoms with Crippen LogP contribution in [0.3, 0.4) is 0 Å². The number of nitrogens with zero attached hydrogens (tertiary/aromatic N) is 2. The Morgan fingerprint density at radius 1 is 1.08 bits per heavy atom. The molecular formula is C22H28N2O2. The lowest BCUT2D eigenvalue weighted by atomic mass is 9.98. The average Bonchev–Trinajstić information content (AvgIpc) is 2.73. The number of ether oxygens (including phenoxy) is 1. The van der Waals surface area contributed by atoms with Crippen molar-refractivity contribution in [2.75, 3.05) is 27.2 Å². The molecule has 2 aromatic rings. The molecule has 4 nitrogen and oxygen atoms in total. The first-order valence-electron chi connectivity index (χ1n) is 9.31. The molecule has 138 valence electrons. The number of rotatable bonds is 5. The minimum Gasteiger partial charge on any atom is -0.496 e. The molecule has 1 heterocycles. The van der Waals surface area contributed by atoms with Gasteiger partial charge in [-0.15, -0.1) is 0 Å². The summed E-state index contributed by atoms with van der Waals surface area (Å²) >= 11 is 0. The largest absolute Gasteiger partial charge is 0.496 e. The van der Waals surface area contributed by atoms with E-state index in [0.717, 1.165) is 37.2 Å². The molecule has 0 radical (unpaired) electrons. The maximum Gasteiger partial charge on any atom is 0.253 e. The molecule has 0 bridgehead atoms. The van der Waals surface area contributed by atoms with E-state index in [0.29, 0.717) is 6.04 Å². The van der Waals surface area contributed by atoms with Crippen molar-refractivity contribution < 1.29 is 9.53 Å². The third-order valence-electron chi connectivity index (χ3n) is 5.55. The summed E-state index contributed by atoms with van der Waals surface area (Å²) in [4.78, 5) is 17.0. The van der Waals surface area contributed by atoms with E-state index in [9.17, 15) is 4.79 Å². The van der Waals surface area contributed by atoms with Gasteiger partial charge in [0.25, 0.3) is 5.91 Å². The van der Waals surface area contributed by atoms with Gasteiger partial charge in [-0.2, -0.15) is 0 Å². The van der Waals surface area contributed by atoms with Crippen molar-refractivity contribution in [3.05, 3.63) is 65.7 Å². The van der Waals surface area contributed by atoms with Crippen LogP contribution in [0, 0.1) is 0 Å². The zero-order chi connectivity index (χ0) is 18.5. The molecule has 2 aromatic carbocycles. The molecule has 0 N–H and O–H groups in total. The highest BCUT2D eigenvalue weighted by molar-refractivity contribution is 5.94. The Balaban J connectivity index is 1.61. The van der Waals surface area contributed by atoms with Gasteiger partial charge in [-0.3, -0.25) is 9.69 Å².